The molecule has 3 heterocycles. The number of halogens is 5. The molecule has 45 heavy (non-hydrogen) atoms. The largest absolute Gasteiger partial charge is 0.480 e. The lowest BCUT2D eigenvalue weighted by atomic mass is 9.89. The average molecular weight is 688 g/mol. The summed E-state index contributed by atoms with van der Waals surface area (Å²) < 4.78 is 123. The molecule has 19 heteroatoms. The van der Waals surface area contributed by atoms with E-state index >= 15 is 4.39 Å². The fourth-order valence-corrected chi connectivity index (χ4v) is 8.55. The van der Waals surface area contributed by atoms with E-state index in [9.17, 15) is 40.4 Å². The van der Waals surface area contributed by atoms with Crippen LogP contribution in [0.15, 0.2) is 24.4 Å². The number of alkyl halides is 3. The zero-order valence-corrected chi connectivity index (χ0v) is 26.7. The third kappa shape index (κ3) is 7.42. The number of methoxy groups -OCH3 is 1. The molecule has 2 aromatic rings. The van der Waals surface area contributed by atoms with Crippen molar-refractivity contribution >= 4 is 23.4 Å². The molecular formula is C26H35F5N5O7PS. The van der Waals surface area contributed by atoms with Crippen molar-refractivity contribution in [2.24, 2.45) is 5.92 Å². The van der Waals surface area contributed by atoms with E-state index in [1.807, 2.05) is 0 Å². The highest BCUT2D eigenvalue weighted by Crippen LogP contribution is 2.48. The quantitative estimate of drug-likeness (QED) is 0.235. The molecule has 2 aliphatic heterocycles. The first-order valence-corrected chi connectivity index (χ1v) is 17.5. The molecule has 12 nitrogen and oxygen atoms in total. The van der Waals surface area contributed by atoms with Gasteiger partial charge in [0.15, 0.2) is 6.10 Å². The van der Waals surface area contributed by atoms with Gasteiger partial charge in [-0.15, -0.1) is 0 Å². The zero-order chi connectivity index (χ0) is 33.7. The second-order valence-corrected chi connectivity index (χ2v) is 15.9. The van der Waals surface area contributed by atoms with Gasteiger partial charge < -0.3 is 14.6 Å². The summed E-state index contributed by atoms with van der Waals surface area (Å²) in [5, 5.41) is 19.2. The minimum absolute atomic E-state index is 0.143. The molecule has 2 aliphatic rings. The van der Waals surface area contributed by atoms with E-state index in [-0.39, 0.29) is 18.8 Å². The van der Waals surface area contributed by atoms with Crippen LogP contribution in [0.4, 0.5) is 22.0 Å². The van der Waals surface area contributed by atoms with Gasteiger partial charge in [-0.2, -0.15) is 22.4 Å². The Morgan fingerprint density at radius 3 is 2.47 bits per heavy atom. The minimum atomic E-state index is -5.00. The van der Waals surface area contributed by atoms with Gasteiger partial charge in [-0.25, -0.2) is 27.4 Å². The van der Waals surface area contributed by atoms with Gasteiger partial charge in [-0.05, 0) is 37.5 Å². The number of carbonyl (C=O) groups is 1. The van der Waals surface area contributed by atoms with E-state index in [1.54, 1.807) is 13.8 Å². The minimum Gasteiger partial charge on any atom is -0.480 e. The molecule has 4 rings (SSSR count). The number of fused-ring (bicyclic) bond motifs is 1. The summed E-state index contributed by atoms with van der Waals surface area (Å²) in [7, 11) is -6.74. The predicted molar refractivity (Wildman–Crippen MR) is 151 cm³/mol. The van der Waals surface area contributed by atoms with Crippen molar-refractivity contribution in [2.75, 3.05) is 19.7 Å². The molecule has 3 N–H and O–H groups in total. The molecule has 0 spiro atoms. The molecule has 0 saturated carbocycles. The second-order valence-electron chi connectivity index (χ2n) is 11.8. The fourth-order valence-electron chi connectivity index (χ4n) is 5.54. The van der Waals surface area contributed by atoms with Gasteiger partial charge in [0.25, 0.3) is 10.0 Å². The molecule has 0 amide bonds. The fraction of sp³-hybridized carbons (Fsp3) is 0.615. The Labute approximate surface area is 256 Å². The van der Waals surface area contributed by atoms with Crippen molar-refractivity contribution in [3.8, 4) is 0 Å². The van der Waals surface area contributed by atoms with Crippen LogP contribution in [0.2, 0.25) is 0 Å². The van der Waals surface area contributed by atoms with Crippen LogP contribution < -0.4 is 10.2 Å². The number of nitrogens with one attached hydrogen (secondary N) is 2. The lowest BCUT2D eigenvalue weighted by Crippen LogP contribution is -2.60. The van der Waals surface area contributed by atoms with Crippen LogP contribution in [0.5, 0.6) is 0 Å². The standard InChI is InChI=1S/C26H35F5N5O7PS/c1-14(2)25(3,24(37)38)34-44(39,13-42-4)33-19-9-21(35-10-15-11-36(45(5,40)41)32-20(15)12-35)23(26(29,30)31)43-22(19)17-8-16(27)6-7-18(17)28/h6-8,11,14,19,21-23H,9-10,12-13H2,1-5H3,(H,37,38)(H2,33,34,39)/t19-,21+,22+,23-,25?,44?/m0/s1. The van der Waals surface area contributed by atoms with Crippen molar-refractivity contribution in [3.05, 3.63) is 52.9 Å². The summed E-state index contributed by atoms with van der Waals surface area (Å²) in [6, 6.07) is -0.696. The van der Waals surface area contributed by atoms with Gasteiger partial charge in [0, 0.05) is 49.6 Å². The molecule has 252 valence electrons. The van der Waals surface area contributed by atoms with E-state index in [0.29, 0.717) is 11.6 Å². The van der Waals surface area contributed by atoms with Gasteiger partial charge in [-0.1, -0.05) is 13.8 Å². The van der Waals surface area contributed by atoms with Gasteiger partial charge in [0.05, 0.1) is 11.9 Å². The Bertz CT molecular complexity index is 1570. The number of benzene rings is 1. The summed E-state index contributed by atoms with van der Waals surface area (Å²) >= 11 is 0. The molecule has 6 atom stereocenters. The van der Waals surface area contributed by atoms with E-state index in [0.717, 1.165) is 22.5 Å². The van der Waals surface area contributed by atoms with Crippen molar-refractivity contribution in [1.82, 2.24) is 24.3 Å². The van der Waals surface area contributed by atoms with Crippen molar-refractivity contribution < 1.29 is 54.3 Å². The average Bonchev–Trinajstić information content (AvgIpc) is 3.49. The highest BCUT2D eigenvalue weighted by atomic mass is 32.2. The number of rotatable bonds is 11. The molecule has 1 saturated heterocycles. The van der Waals surface area contributed by atoms with Crippen LogP contribution in [0, 0.1) is 17.6 Å². The molecule has 1 fully saturated rings. The number of hydrogen-bond donors (Lipinski definition) is 3. The van der Waals surface area contributed by atoms with E-state index < -0.39 is 95.3 Å². The monoisotopic (exact) mass is 687 g/mol. The normalized spacial score (nSPS) is 25.6. The van der Waals surface area contributed by atoms with Crippen molar-refractivity contribution in [1.29, 1.82) is 0 Å². The predicted octanol–water partition coefficient (Wildman–Crippen LogP) is 3.59. The molecule has 2 unspecified atom stereocenters. The Morgan fingerprint density at radius 2 is 1.93 bits per heavy atom. The maximum Gasteiger partial charge on any atom is 0.416 e. The lowest BCUT2D eigenvalue weighted by Gasteiger charge is -2.47. The summed E-state index contributed by atoms with van der Waals surface area (Å²) in [4.78, 5) is 13.6. The molecular weight excluding hydrogens is 652 g/mol. The van der Waals surface area contributed by atoms with Crippen LogP contribution in [-0.2, 0) is 41.9 Å². The number of carboxylic acid groups (broad SMARTS) is 1. The van der Waals surface area contributed by atoms with Gasteiger partial charge >= 0.3 is 12.1 Å². The lowest BCUT2D eigenvalue weighted by molar-refractivity contribution is -0.270. The Balaban J connectivity index is 1.77. The third-order valence-corrected chi connectivity index (χ3v) is 11.2. The Morgan fingerprint density at radius 1 is 1.27 bits per heavy atom. The smallest absolute Gasteiger partial charge is 0.416 e. The van der Waals surface area contributed by atoms with E-state index in [2.05, 4.69) is 15.3 Å². The SMILES string of the molecule is COCP(=O)(N[C@H]1C[C@@H](N2Cc3cn(S(C)(=O)=O)nc3C2)[C@@H](C(F)(F)F)O[C@@H]1c1cc(F)ccc1F)NC(C)(C(=O)O)C(C)C. The number of nitrogens with zero attached hydrogens (tertiary/aromatic N) is 3. The van der Waals surface area contributed by atoms with Crippen LogP contribution in [0.3, 0.4) is 0 Å². The van der Waals surface area contributed by atoms with Crippen LogP contribution >= 0.6 is 7.44 Å². The van der Waals surface area contributed by atoms with Gasteiger partial charge in [-0.3, -0.25) is 14.3 Å². The number of aliphatic carboxylic acids is 1. The van der Waals surface area contributed by atoms with Crippen LogP contribution in [0.1, 0.15) is 50.1 Å². The van der Waals surface area contributed by atoms with Crippen molar-refractivity contribution in [3.63, 3.8) is 0 Å². The molecule has 0 aliphatic carbocycles. The first-order chi connectivity index (χ1) is 20.7. The van der Waals surface area contributed by atoms with Gasteiger partial charge in [0.2, 0.25) is 7.44 Å². The topological polar surface area (TPSA) is 152 Å². The summed E-state index contributed by atoms with van der Waals surface area (Å²) in [6.07, 6.45) is -8.34. The molecule has 0 radical (unpaired) electrons. The third-order valence-electron chi connectivity index (χ3n) is 8.18. The highest BCUT2D eigenvalue weighted by molar-refractivity contribution is 7.89. The zero-order valence-electron chi connectivity index (χ0n) is 25.0. The summed E-state index contributed by atoms with van der Waals surface area (Å²) in [6.45, 7) is 4.07. The maximum atomic E-state index is 15.1. The van der Waals surface area contributed by atoms with Gasteiger partial charge in [0.1, 0.15) is 29.6 Å². The molecule has 0 bridgehead atoms. The number of hydrogen-bond acceptors (Lipinski definition) is 8. The maximum absolute atomic E-state index is 15.1. The Kier molecular flexibility index (Phi) is 9.92. The first-order valence-electron chi connectivity index (χ1n) is 13.8. The summed E-state index contributed by atoms with van der Waals surface area (Å²) in [5.74, 6) is -4.02. The van der Waals surface area contributed by atoms with Crippen LogP contribution in [-0.4, -0.2) is 83.2 Å². The Hall–Kier alpha value is -2.47. The second kappa shape index (κ2) is 12.6. The van der Waals surface area contributed by atoms with Crippen molar-refractivity contribution in [2.45, 2.75) is 76.3 Å². The molecule has 1 aromatic carbocycles. The number of carboxylic acids is 1. The van der Waals surface area contributed by atoms with E-state index in [1.165, 1.54) is 25.1 Å². The number of ether oxygens (including phenoxy) is 2. The highest BCUT2D eigenvalue weighted by Gasteiger charge is 2.56. The first kappa shape index (κ1) is 35.4. The number of aromatic nitrogens is 2. The summed E-state index contributed by atoms with van der Waals surface area (Å²) in [5.41, 5.74) is -1.77. The molecule has 1 aromatic heterocycles. The van der Waals surface area contributed by atoms with Crippen LogP contribution in [0.25, 0.3) is 0 Å². The van der Waals surface area contributed by atoms with E-state index in [4.69, 9.17) is 9.47 Å².